The topological polar surface area (TPSA) is 95.5 Å². The fourth-order valence-electron chi connectivity index (χ4n) is 4.18. The van der Waals surface area contributed by atoms with Crippen molar-refractivity contribution in [1.82, 2.24) is 5.32 Å². The average molecular weight is 519 g/mol. The standard InChI is InChI=1S/C32H42N2O4/c1-25(2)15-10-7-5-3-4-6-8-13-22-33-31(36)24-29(26-16-11-9-12-17-26)27-18-14-19-28(23-27)34-30(35)20-21-32(37)38/h9,11-12,14,16-21,23-25H,3-8,10,13,15,22H2,1-2H3,(H,33,36)(H,34,35)(H,37,38). The summed E-state index contributed by atoms with van der Waals surface area (Å²) in [5.41, 5.74) is 2.88. The first-order chi connectivity index (χ1) is 18.3. The lowest BCUT2D eigenvalue weighted by Gasteiger charge is -2.11. The Labute approximate surface area is 227 Å². The number of benzene rings is 2. The van der Waals surface area contributed by atoms with E-state index in [1.807, 2.05) is 36.4 Å². The molecule has 0 heterocycles. The van der Waals surface area contributed by atoms with Crippen LogP contribution in [0.25, 0.3) is 5.57 Å². The lowest BCUT2D eigenvalue weighted by Crippen LogP contribution is -2.22. The summed E-state index contributed by atoms with van der Waals surface area (Å²) in [7, 11) is 0. The van der Waals surface area contributed by atoms with Crippen molar-refractivity contribution in [2.45, 2.75) is 71.6 Å². The molecule has 0 spiro atoms. The second kappa shape index (κ2) is 17.7. The van der Waals surface area contributed by atoms with Crippen molar-refractivity contribution in [2.75, 3.05) is 11.9 Å². The molecule has 2 rings (SSSR count). The summed E-state index contributed by atoms with van der Waals surface area (Å²) in [5, 5.41) is 14.4. The molecule has 0 aliphatic carbocycles. The predicted octanol–water partition coefficient (Wildman–Crippen LogP) is 6.98. The lowest BCUT2D eigenvalue weighted by molar-refractivity contribution is -0.131. The Morgan fingerprint density at radius 2 is 1.39 bits per heavy atom. The van der Waals surface area contributed by atoms with Gasteiger partial charge in [-0.2, -0.15) is 0 Å². The summed E-state index contributed by atoms with van der Waals surface area (Å²) >= 11 is 0. The number of anilines is 1. The van der Waals surface area contributed by atoms with Crippen LogP contribution in [-0.2, 0) is 14.4 Å². The third-order valence-corrected chi connectivity index (χ3v) is 6.19. The van der Waals surface area contributed by atoms with Crippen LogP contribution in [0.2, 0.25) is 0 Å². The molecule has 38 heavy (non-hydrogen) atoms. The van der Waals surface area contributed by atoms with E-state index in [1.165, 1.54) is 44.9 Å². The minimum atomic E-state index is -1.19. The van der Waals surface area contributed by atoms with Crippen LogP contribution >= 0.6 is 0 Å². The van der Waals surface area contributed by atoms with Gasteiger partial charge in [0, 0.05) is 30.5 Å². The quantitative estimate of drug-likeness (QED) is 0.155. The number of rotatable bonds is 17. The molecule has 0 saturated heterocycles. The van der Waals surface area contributed by atoms with Crippen LogP contribution in [0.15, 0.2) is 72.8 Å². The van der Waals surface area contributed by atoms with Crippen molar-refractivity contribution in [3.63, 3.8) is 0 Å². The molecule has 0 aromatic heterocycles. The van der Waals surface area contributed by atoms with Crippen molar-refractivity contribution in [3.05, 3.63) is 84.0 Å². The number of nitrogens with one attached hydrogen (secondary N) is 2. The molecule has 6 heteroatoms. The molecule has 0 saturated carbocycles. The number of carboxylic acid groups (broad SMARTS) is 1. The second-order valence-corrected chi connectivity index (χ2v) is 9.97. The van der Waals surface area contributed by atoms with Gasteiger partial charge in [0.25, 0.3) is 0 Å². The van der Waals surface area contributed by atoms with Crippen molar-refractivity contribution < 1.29 is 19.5 Å². The molecular formula is C32H42N2O4. The number of aliphatic carboxylic acids is 1. The summed E-state index contributed by atoms with van der Waals surface area (Å²) in [6, 6.07) is 16.7. The molecule has 2 aromatic carbocycles. The normalized spacial score (nSPS) is 11.6. The third-order valence-electron chi connectivity index (χ3n) is 6.19. The van der Waals surface area contributed by atoms with Crippen LogP contribution in [0, 0.1) is 5.92 Å². The van der Waals surface area contributed by atoms with E-state index in [4.69, 9.17) is 5.11 Å². The molecule has 204 valence electrons. The molecule has 0 aliphatic heterocycles. The van der Waals surface area contributed by atoms with Crippen LogP contribution in [0.4, 0.5) is 5.69 Å². The van der Waals surface area contributed by atoms with Crippen LogP contribution in [0.1, 0.15) is 82.8 Å². The monoisotopic (exact) mass is 518 g/mol. The van der Waals surface area contributed by atoms with Gasteiger partial charge in [0.15, 0.2) is 0 Å². The van der Waals surface area contributed by atoms with Crippen molar-refractivity contribution in [1.29, 1.82) is 0 Å². The van der Waals surface area contributed by atoms with Gasteiger partial charge in [0.05, 0.1) is 0 Å². The average Bonchev–Trinajstić information content (AvgIpc) is 2.89. The zero-order chi connectivity index (χ0) is 27.6. The van der Waals surface area contributed by atoms with Gasteiger partial charge in [-0.25, -0.2) is 4.79 Å². The molecule has 2 amide bonds. The van der Waals surface area contributed by atoms with E-state index in [0.717, 1.165) is 47.6 Å². The summed E-state index contributed by atoms with van der Waals surface area (Å²) in [5.74, 6) is -1.09. The largest absolute Gasteiger partial charge is 0.478 e. The molecule has 2 aromatic rings. The highest BCUT2D eigenvalue weighted by molar-refractivity contribution is 6.03. The van der Waals surface area contributed by atoms with Crippen LogP contribution < -0.4 is 10.6 Å². The molecule has 0 bridgehead atoms. The van der Waals surface area contributed by atoms with Gasteiger partial charge in [-0.3, -0.25) is 9.59 Å². The molecule has 6 nitrogen and oxygen atoms in total. The zero-order valence-corrected chi connectivity index (χ0v) is 22.7. The Balaban J connectivity index is 1.89. The Morgan fingerprint density at radius 1 is 0.763 bits per heavy atom. The second-order valence-electron chi connectivity index (χ2n) is 9.97. The van der Waals surface area contributed by atoms with Gasteiger partial charge in [0.1, 0.15) is 0 Å². The van der Waals surface area contributed by atoms with E-state index in [0.29, 0.717) is 12.2 Å². The Morgan fingerprint density at radius 3 is 2.05 bits per heavy atom. The van der Waals surface area contributed by atoms with Gasteiger partial charge in [-0.1, -0.05) is 108 Å². The summed E-state index contributed by atoms with van der Waals surface area (Å²) in [4.78, 5) is 35.4. The van der Waals surface area contributed by atoms with E-state index in [9.17, 15) is 14.4 Å². The van der Waals surface area contributed by atoms with E-state index in [1.54, 1.807) is 24.3 Å². The van der Waals surface area contributed by atoms with Crippen LogP contribution in [0.5, 0.6) is 0 Å². The predicted molar refractivity (Wildman–Crippen MR) is 155 cm³/mol. The Hall–Kier alpha value is -3.67. The van der Waals surface area contributed by atoms with Crippen molar-refractivity contribution >= 4 is 29.0 Å². The van der Waals surface area contributed by atoms with E-state index in [-0.39, 0.29) is 5.91 Å². The number of carboxylic acids is 1. The maximum Gasteiger partial charge on any atom is 0.328 e. The number of unbranched alkanes of at least 4 members (excludes halogenated alkanes) is 7. The lowest BCUT2D eigenvalue weighted by atomic mass is 9.97. The Kier molecular flexibility index (Phi) is 14.3. The first kappa shape index (κ1) is 30.6. The highest BCUT2D eigenvalue weighted by atomic mass is 16.4. The molecule has 0 radical (unpaired) electrons. The fraction of sp³-hybridized carbons (Fsp3) is 0.406. The smallest absolute Gasteiger partial charge is 0.328 e. The summed E-state index contributed by atoms with van der Waals surface area (Å²) < 4.78 is 0. The molecular weight excluding hydrogens is 476 g/mol. The van der Waals surface area contributed by atoms with E-state index in [2.05, 4.69) is 24.5 Å². The highest BCUT2D eigenvalue weighted by Gasteiger charge is 2.10. The SMILES string of the molecule is CC(C)CCCCCCCCCCNC(=O)C=C(c1ccccc1)c1cccc(NC(=O)C=CC(=O)O)c1. The van der Waals surface area contributed by atoms with Gasteiger partial charge < -0.3 is 15.7 Å². The summed E-state index contributed by atoms with van der Waals surface area (Å²) in [6.07, 6.45) is 14.5. The highest BCUT2D eigenvalue weighted by Crippen LogP contribution is 2.25. The first-order valence-corrected chi connectivity index (χ1v) is 13.7. The van der Waals surface area contributed by atoms with Crippen LogP contribution in [-0.4, -0.2) is 29.4 Å². The van der Waals surface area contributed by atoms with Gasteiger partial charge >= 0.3 is 5.97 Å². The third kappa shape index (κ3) is 13.0. The minimum absolute atomic E-state index is 0.159. The molecule has 0 fully saturated rings. The van der Waals surface area contributed by atoms with Crippen LogP contribution in [0.3, 0.4) is 0 Å². The number of carbonyl (C=O) groups is 3. The minimum Gasteiger partial charge on any atom is -0.478 e. The van der Waals surface area contributed by atoms with E-state index < -0.39 is 11.9 Å². The number of hydrogen-bond donors (Lipinski definition) is 3. The molecule has 3 N–H and O–H groups in total. The number of carbonyl (C=O) groups excluding carboxylic acids is 2. The summed E-state index contributed by atoms with van der Waals surface area (Å²) in [6.45, 7) is 5.20. The Bertz CT molecular complexity index is 1070. The van der Waals surface area contributed by atoms with Gasteiger partial charge in [-0.05, 0) is 41.2 Å². The van der Waals surface area contributed by atoms with E-state index >= 15 is 0 Å². The van der Waals surface area contributed by atoms with Crippen molar-refractivity contribution in [2.24, 2.45) is 5.92 Å². The number of hydrogen-bond acceptors (Lipinski definition) is 3. The fourth-order valence-corrected chi connectivity index (χ4v) is 4.18. The maximum atomic E-state index is 12.8. The maximum absolute atomic E-state index is 12.8. The van der Waals surface area contributed by atoms with Crippen molar-refractivity contribution in [3.8, 4) is 0 Å². The zero-order valence-electron chi connectivity index (χ0n) is 22.7. The molecule has 0 aliphatic rings. The molecule has 0 unspecified atom stereocenters. The number of amides is 2. The molecule has 0 atom stereocenters. The van der Waals surface area contributed by atoms with Gasteiger partial charge in [-0.15, -0.1) is 0 Å². The first-order valence-electron chi connectivity index (χ1n) is 13.7. The van der Waals surface area contributed by atoms with Gasteiger partial charge in [0.2, 0.25) is 11.8 Å².